The molecule has 1 aliphatic rings. The van der Waals surface area contributed by atoms with E-state index in [1.807, 2.05) is 25.1 Å². The van der Waals surface area contributed by atoms with Crippen molar-refractivity contribution >= 4 is 21.9 Å². The Labute approximate surface area is 196 Å². The molecule has 2 aromatic rings. The van der Waals surface area contributed by atoms with Gasteiger partial charge in [0.25, 0.3) is 5.91 Å². The van der Waals surface area contributed by atoms with Crippen molar-refractivity contribution in [1.29, 1.82) is 0 Å². The maximum absolute atomic E-state index is 12.8. The molecule has 2 unspecified atom stereocenters. The highest BCUT2D eigenvalue weighted by Crippen LogP contribution is 2.29. The smallest absolute Gasteiger partial charge is 0.325 e. The molecular formula is C25H32N2O5S. The number of fused-ring (bicyclic) bond motifs is 1. The highest BCUT2D eigenvalue weighted by molar-refractivity contribution is 7.89. The summed E-state index contributed by atoms with van der Waals surface area (Å²) in [6.45, 7) is 6.78. The van der Waals surface area contributed by atoms with Crippen molar-refractivity contribution in [1.82, 2.24) is 10.0 Å². The fourth-order valence-electron chi connectivity index (χ4n) is 3.90. The first-order chi connectivity index (χ1) is 15.6. The van der Waals surface area contributed by atoms with Gasteiger partial charge in [0.1, 0.15) is 6.04 Å². The SMILES string of the molecule is Cc1ccc(S(=O)(=O)N[C@H](C(=O)OC(C)C(=O)NC2CCCc3ccccc32)C(C)C)cc1. The van der Waals surface area contributed by atoms with Crippen molar-refractivity contribution in [2.24, 2.45) is 5.92 Å². The van der Waals surface area contributed by atoms with Gasteiger partial charge in [0.2, 0.25) is 10.0 Å². The van der Waals surface area contributed by atoms with Gasteiger partial charge in [0.05, 0.1) is 10.9 Å². The number of ether oxygens (including phenoxy) is 1. The van der Waals surface area contributed by atoms with Crippen molar-refractivity contribution in [3.05, 3.63) is 65.2 Å². The van der Waals surface area contributed by atoms with Gasteiger partial charge >= 0.3 is 5.97 Å². The Balaban J connectivity index is 1.65. The third-order valence-electron chi connectivity index (χ3n) is 5.88. The molecule has 1 aliphatic carbocycles. The second kappa shape index (κ2) is 10.5. The molecule has 2 aromatic carbocycles. The van der Waals surface area contributed by atoms with Gasteiger partial charge in [-0.25, -0.2) is 8.42 Å². The Hall–Kier alpha value is -2.71. The number of benzene rings is 2. The second-order valence-electron chi connectivity index (χ2n) is 8.89. The molecule has 0 aliphatic heterocycles. The van der Waals surface area contributed by atoms with Gasteiger partial charge in [-0.15, -0.1) is 0 Å². The normalized spacial score (nSPS) is 17.7. The fourth-order valence-corrected chi connectivity index (χ4v) is 5.24. The number of amides is 1. The Bertz CT molecular complexity index is 1100. The molecule has 0 aromatic heterocycles. The first-order valence-corrected chi connectivity index (χ1v) is 12.7. The number of rotatable bonds is 8. The molecule has 0 bridgehead atoms. The van der Waals surface area contributed by atoms with Gasteiger partial charge in [0.15, 0.2) is 6.10 Å². The predicted octanol–water partition coefficient (Wildman–Crippen LogP) is 3.42. The van der Waals surface area contributed by atoms with Gasteiger partial charge in [-0.1, -0.05) is 55.8 Å². The number of sulfonamides is 1. The van der Waals surface area contributed by atoms with Crippen LogP contribution in [-0.4, -0.2) is 32.4 Å². The third-order valence-corrected chi connectivity index (χ3v) is 7.34. The number of hydrogen-bond donors (Lipinski definition) is 2. The van der Waals surface area contributed by atoms with Crippen LogP contribution in [0.1, 0.15) is 56.3 Å². The number of esters is 1. The molecule has 8 heteroatoms. The van der Waals surface area contributed by atoms with Crippen molar-refractivity contribution < 1.29 is 22.7 Å². The molecule has 3 rings (SSSR count). The predicted molar refractivity (Wildman–Crippen MR) is 126 cm³/mol. The monoisotopic (exact) mass is 472 g/mol. The minimum atomic E-state index is -3.93. The van der Waals surface area contributed by atoms with E-state index >= 15 is 0 Å². The van der Waals surface area contributed by atoms with Crippen LogP contribution in [0.5, 0.6) is 0 Å². The summed E-state index contributed by atoms with van der Waals surface area (Å²) in [7, 11) is -3.93. The quantitative estimate of drug-likeness (QED) is 0.573. The molecule has 1 amide bonds. The van der Waals surface area contributed by atoms with E-state index < -0.39 is 34.0 Å². The maximum atomic E-state index is 12.8. The van der Waals surface area contributed by atoms with Crippen LogP contribution in [0, 0.1) is 12.8 Å². The lowest BCUT2D eigenvalue weighted by Crippen LogP contribution is -2.48. The van der Waals surface area contributed by atoms with E-state index in [1.54, 1.807) is 26.0 Å². The summed E-state index contributed by atoms with van der Waals surface area (Å²) in [5, 5.41) is 2.97. The molecule has 33 heavy (non-hydrogen) atoms. The lowest BCUT2D eigenvalue weighted by atomic mass is 9.87. The molecule has 0 saturated heterocycles. The number of hydrogen-bond acceptors (Lipinski definition) is 5. The van der Waals surface area contributed by atoms with Gasteiger partial charge < -0.3 is 10.1 Å². The zero-order chi connectivity index (χ0) is 24.2. The summed E-state index contributed by atoms with van der Waals surface area (Å²) in [5.74, 6) is -1.57. The fraction of sp³-hybridized carbons (Fsp3) is 0.440. The third kappa shape index (κ3) is 6.21. The molecule has 2 N–H and O–H groups in total. The van der Waals surface area contributed by atoms with Crippen molar-refractivity contribution in [3.8, 4) is 0 Å². The van der Waals surface area contributed by atoms with Crippen LogP contribution >= 0.6 is 0 Å². The topological polar surface area (TPSA) is 102 Å². The Kier molecular flexibility index (Phi) is 7.92. The molecule has 0 saturated carbocycles. The largest absolute Gasteiger partial charge is 0.451 e. The van der Waals surface area contributed by atoms with Crippen molar-refractivity contribution in [2.75, 3.05) is 0 Å². The number of carbonyl (C=O) groups excluding carboxylic acids is 2. The Morgan fingerprint density at radius 1 is 1.03 bits per heavy atom. The summed E-state index contributed by atoms with van der Waals surface area (Å²) in [6, 6.07) is 13.1. The van der Waals surface area contributed by atoms with Gasteiger partial charge in [-0.2, -0.15) is 4.72 Å². The van der Waals surface area contributed by atoms with Crippen LogP contribution in [0.2, 0.25) is 0 Å². The highest BCUT2D eigenvalue weighted by atomic mass is 32.2. The summed E-state index contributed by atoms with van der Waals surface area (Å²) >= 11 is 0. The number of aryl methyl sites for hydroxylation is 2. The lowest BCUT2D eigenvalue weighted by molar-refractivity contribution is -0.157. The van der Waals surface area contributed by atoms with Gasteiger partial charge in [-0.3, -0.25) is 9.59 Å². The van der Waals surface area contributed by atoms with E-state index in [9.17, 15) is 18.0 Å². The Morgan fingerprint density at radius 3 is 2.36 bits per heavy atom. The Morgan fingerprint density at radius 2 is 1.70 bits per heavy atom. The zero-order valence-electron chi connectivity index (χ0n) is 19.5. The first kappa shape index (κ1) is 24.9. The van der Waals surface area contributed by atoms with Crippen molar-refractivity contribution in [3.63, 3.8) is 0 Å². The lowest BCUT2D eigenvalue weighted by Gasteiger charge is -2.28. The number of carbonyl (C=O) groups is 2. The van der Waals surface area contributed by atoms with Crippen LogP contribution in [0.15, 0.2) is 53.4 Å². The molecule has 178 valence electrons. The molecule has 0 radical (unpaired) electrons. The van der Waals surface area contributed by atoms with Crippen LogP contribution in [0.25, 0.3) is 0 Å². The van der Waals surface area contributed by atoms with E-state index in [-0.39, 0.29) is 16.9 Å². The highest BCUT2D eigenvalue weighted by Gasteiger charge is 2.32. The standard InChI is InChI=1S/C25H32N2O5S/c1-16(2)23(27-33(30,31)20-14-12-17(3)13-15-20)25(29)32-18(4)24(28)26-22-11-7-9-19-8-5-6-10-21(19)22/h5-6,8,10,12-16,18,22-23,27H,7,9,11H2,1-4H3,(H,26,28)/t18?,22?,23-/m0/s1. The molecular weight excluding hydrogens is 440 g/mol. The minimum absolute atomic E-state index is 0.0632. The molecule has 3 atom stereocenters. The van der Waals surface area contributed by atoms with Crippen LogP contribution in [-0.2, 0) is 30.8 Å². The molecule has 0 fully saturated rings. The first-order valence-electron chi connectivity index (χ1n) is 11.3. The molecule has 7 nitrogen and oxygen atoms in total. The second-order valence-corrected chi connectivity index (χ2v) is 10.6. The maximum Gasteiger partial charge on any atom is 0.325 e. The zero-order valence-corrected chi connectivity index (χ0v) is 20.3. The summed E-state index contributed by atoms with van der Waals surface area (Å²) in [6.07, 6.45) is 1.70. The van der Waals surface area contributed by atoms with Crippen molar-refractivity contribution in [2.45, 2.75) is 70.0 Å². The van der Waals surface area contributed by atoms with E-state index in [2.05, 4.69) is 16.1 Å². The van der Waals surface area contributed by atoms with Gasteiger partial charge in [0, 0.05) is 0 Å². The van der Waals surface area contributed by atoms with E-state index in [1.165, 1.54) is 24.6 Å². The van der Waals surface area contributed by atoms with Crippen LogP contribution < -0.4 is 10.0 Å². The number of nitrogens with one attached hydrogen (secondary N) is 2. The molecule has 0 heterocycles. The van der Waals surface area contributed by atoms with E-state index in [0.29, 0.717) is 0 Å². The van der Waals surface area contributed by atoms with E-state index in [4.69, 9.17) is 4.74 Å². The average molecular weight is 473 g/mol. The minimum Gasteiger partial charge on any atom is -0.451 e. The average Bonchev–Trinajstić information content (AvgIpc) is 2.77. The molecule has 0 spiro atoms. The van der Waals surface area contributed by atoms with Crippen LogP contribution in [0.3, 0.4) is 0 Å². The summed E-state index contributed by atoms with van der Waals surface area (Å²) < 4.78 is 33.3. The van der Waals surface area contributed by atoms with Crippen LogP contribution in [0.4, 0.5) is 0 Å². The van der Waals surface area contributed by atoms with Gasteiger partial charge in [-0.05, 0) is 62.3 Å². The summed E-state index contributed by atoms with van der Waals surface area (Å²) in [4.78, 5) is 25.6. The van der Waals surface area contributed by atoms with E-state index in [0.717, 1.165) is 30.4 Å². The summed E-state index contributed by atoms with van der Waals surface area (Å²) in [5.41, 5.74) is 3.22.